The van der Waals surface area contributed by atoms with Gasteiger partial charge in [-0.25, -0.2) is 21.9 Å². The van der Waals surface area contributed by atoms with Gasteiger partial charge >= 0.3 is 0 Å². The summed E-state index contributed by atoms with van der Waals surface area (Å²) in [5, 5.41) is 8.58. The van der Waals surface area contributed by atoms with Gasteiger partial charge in [-0.2, -0.15) is 5.26 Å². The first-order valence-corrected chi connectivity index (χ1v) is 6.80. The van der Waals surface area contributed by atoms with Crippen LogP contribution in [0.15, 0.2) is 29.2 Å². The van der Waals surface area contributed by atoms with Gasteiger partial charge in [0.2, 0.25) is 10.0 Å². The second-order valence-electron chi connectivity index (χ2n) is 3.50. The number of alkyl halides is 2. The summed E-state index contributed by atoms with van der Waals surface area (Å²) < 4.78 is 53.7. The van der Waals surface area contributed by atoms with E-state index in [1.165, 1.54) is 24.3 Å². The van der Waals surface area contributed by atoms with Gasteiger partial charge < -0.3 is 4.74 Å². The van der Waals surface area contributed by atoms with Gasteiger partial charge in [0.25, 0.3) is 6.43 Å². The minimum Gasteiger partial charge on any atom is -0.374 e. The van der Waals surface area contributed by atoms with Crippen molar-refractivity contribution in [1.29, 1.82) is 5.26 Å². The highest BCUT2D eigenvalue weighted by Crippen LogP contribution is 2.09. The van der Waals surface area contributed by atoms with Crippen molar-refractivity contribution >= 4 is 10.0 Å². The first kappa shape index (κ1) is 15.5. The zero-order valence-electron chi connectivity index (χ0n) is 9.84. The van der Waals surface area contributed by atoms with Crippen molar-refractivity contribution in [3.05, 3.63) is 29.8 Å². The van der Waals surface area contributed by atoms with Crippen molar-refractivity contribution in [3.8, 4) is 6.07 Å². The Morgan fingerprint density at radius 3 is 2.47 bits per heavy atom. The zero-order chi connectivity index (χ0) is 14.3. The highest BCUT2D eigenvalue weighted by molar-refractivity contribution is 7.89. The number of nitriles is 1. The minimum atomic E-state index is -3.71. The lowest BCUT2D eigenvalue weighted by Gasteiger charge is -2.07. The molecule has 0 aliphatic carbocycles. The van der Waals surface area contributed by atoms with Gasteiger partial charge in [0.05, 0.1) is 23.1 Å². The first-order chi connectivity index (χ1) is 8.95. The summed E-state index contributed by atoms with van der Waals surface area (Å²) >= 11 is 0. The molecule has 0 radical (unpaired) electrons. The van der Waals surface area contributed by atoms with Crippen LogP contribution in [0.2, 0.25) is 0 Å². The number of nitrogens with zero attached hydrogens (tertiary/aromatic N) is 1. The van der Waals surface area contributed by atoms with E-state index in [0.29, 0.717) is 5.56 Å². The van der Waals surface area contributed by atoms with Crippen LogP contribution in [0.1, 0.15) is 5.56 Å². The van der Waals surface area contributed by atoms with E-state index in [-0.39, 0.29) is 18.0 Å². The number of sulfonamides is 1. The lowest BCUT2D eigenvalue weighted by Crippen LogP contribution is -2.28. The molecule has 0 amide bonds. The maximum Gasteiger partial charge on any atom is 0.261 e. The molecule has 1 aromatic rings. The van der Waals surface area contributed by atoms with Crippen molar-refractivity contribution in [3.63, 3.8) is 0 Å². The average molecular weight is 290 g/mol. The molecule has 1 N–H and O–H groups in total. The molecule has 0 fully saturated rings. The molecule has 0 aromatic heterocycles. The number of ether oxygens (including phenoxy) is 1. The smallest absolute Gasteiger partial charge is 0.261 e. The molecule has 1 rings (SSSR count). The van der Waals surface area contributed by atoms with E-state index in [4.69, 9.17) is 5.26 Å². The Morgan fingerprint density at radius 1 is 1.32 bits per heavy atom. The van der Waals surface area contributed by atoms with Crippen LogP contribution < -0.4 is 4.72 Å². The lowest BCUT2D eigenvalue weighted by molar-refractivity contribution is 0.0199. The number of rotatable bonds is 7. The summed E-state index contributed by atoms with van der Waals surface area (Å²) in [7, 11) is -3.71. The highest BCUT2D eigenvalue weighted by Gasteiger charge is 2.13. The second-order valence-corrected chi connectivity index (χ2v) is 5.27. The van der Waals surface area contributed by atoms with Crippen LogP contribution in [-0.2, 0) is 14.8 Å². The fraction of sp³-hybridized carbons (Fsp3) is 0.364. The van der Waals surface area contributed by atoms with Gasteiger partial charge in [-0.3, -0.25) is 0 Å². The Hall–Kier alpha value is -1.56. The molecule has 5 nitrogen and oxygen atoms in total. The molecule has 0 saturated heterocycles. The summed E-state index contributed by atoms with van der Waals surface area (Å²) in [4.78, 5) is 0.000333. The molecule has 0 bridgehead atoms. The molecule has 0 heterocycles. The lowest BCUT2D eigenvalue weighted by atomic mass is 10.2. The van der Waals surface area contributed by atoms with E-state index in [9.17, 15) is 17.2 Å². The average Bonchev–Trinajstić information content (AvgIpc) is 2.38. The topological polar surface area (TPSA) is 79.2 Å². The molecule has 0 saturated carbocycles. The maximum atomic E-state index is 11.7. The standard InChI is InChI=1S/C11H12F2N2O3S/c12-11(13)8-18-6-5-15-19(16,17)10-3-1-9(7-14)2-4-10/h1-4,11,15H,5-6,8H2. The van der Waals surface area contributed by atoms with Crippen molar-refractivity contribution in [2.24, 2.45) is 0 Å². The normalized spacial score (nSPS) is 11.5. The fourth-order valence-electron chi connectivity index (χ4n) is 1.21. The first-order valence-electron chi connectivity index (χ1n) is 5.31. The molecule has 19 heavy (non-hydrogen) atoms. The summed E-state index contributed by atoms with van der Waals surface area (Å²) in [5.74, 6) is 0. The van der Waals surface area contributed by atoms with Crippen LogP contribution >= 0.6 is 0 Å². The van der Waals surface area contributed by atoms with Crippen molar-refractivity contribution in [2.45, 2.75) is 11.3 Å². The number of hydrogen-bond acceptors (Lipinski definition) is 4. The maximum absolute atomic E-state index is 11.7. The Bertz CT molecular complexity index is 538. The van der Waals surface area contributed by atoms with E-state index in [0.717, 1.165) is 0 Å². The largest absolute Gasteiger partial charge is 0.374 e. The molecule has 8 heteroatoms. The van der Waals surface area contributed by atoms with Gasteiger partial charge in [0.15, 0.2) is 0 Å². The summed E-state index contributed by atoms with van der Waals surface area (Å²) in [6.07, 6.45) is -2.57. The van der Waals surface area contributed by atoms with Crippen molar-refractivity contribution in [1.82, 2.24) is 4.72 Å². The molecule has 104 valence electrons. The SMILES string of the molecule is N#Cc1ccc(S(=O)(=O)NCCOCC(F)F)cc1. The van der Waals surface area contributed by atoms with Crippen molar-refractivity contribution < 1.29 is 21.9 Å². The van der Waals surface area contributed by atoms with Crippen LogP contribution in [-0.4, -0.2) is 34.6 Å². The summed E-state index contributed by atoms with van der Waals surface area (Å²) in [6, 6.07) is 7.21. The monoisotopic (exact) mass is 290 g/mol. The highest BCUT2D eigenvalue weighted by atomic mass is 32.2. The van der Waals surface area contributed by atoms with E-state index >= 15 is 0 Å². The molecule has 0 spiro atoms. The summed E-state index contributed by atoms with van der Waals surface area (Å²) in [6.45, 7) is -0.965. The van der Waals surface area contributed by atoms with E-state index in [2.05, 4.69) is 9.46 Å². The molecule has 0 aliphatic rings. The molecule has 0 atom stereocenters. The van der Waals surface area contributed by atoms with Crippen molar-refractivity contribution in [2.75, 3.05) is 19.8 Å². The van der Waals surface area contributed by atoms with E-state index in [1.54, 1.807) is 0 Å². The number of benzene rings is 1. The Labute approximate surface area is 109 Å². The van der Waals surface area contributed by atoms with Crippen LogP contribution in [0, 0.1) is 11.3 Å². The zero-order valence-corrected chi connectivity index (χ0v) is 10.7. The van der Waals surface area contributed by atoms with Crippen LogP contribution in [0.4, 0.5) is 8.78 Å². The quantitative estimate of drug-likeness (QED) is 0.763. The fourth-order valence-corrected chi connectivity index (χ4v) is 2.23. The van der Waals surface area contributed by atoms with Crippen LogP contribution in [0.25, 0.3) is 0 Å². The molecule has 0 aliphatic heterocycles. The second kappa shape index (κ2) is 7.13. The van der Waals surface area contributed by atoms with Crippen LogP contribution in [0.3, 0.4) is 0 Å². The molecular weight excluding hydrogens is 278 g/mol. The minimum absolute atomic E-state index is 0.000333. The van der Waals surface area contributed by atoms with Gasteiger partial charge in [0, 0.05) is 6.54 Å². The molecule has 0 unspecified atom stereocenters. The number of hydrogen-bond donors (Lipinski definition) is 1. The van der Waals surface area contributed by atoms with Gasteiger partial charge in [-0.05, 0) is 24.3 Å². The number of halogens is 2. The predicted octanol–water partition coefficient (Wildman–Crippen LogP) is 1.12. The summed E-state index contributed by atoms with van der Waals surface area (Å²) in [5.41, 5.74) is 0.346. The number of nitrogens with one attached hydrogen (secondary N) is 1. The Kier molecular flexibility index (Phi) is 5.82. The Morgan fingerprint density at radius 2 is 1.95 bits per heavy atom. The molecular formula is C11H12F2N2O3S. The third kappa shape index (κ3) is 5.30. The Balaban J connectivity index is 2.49. The van der Waals surface area contributed by atoms with Gasteiger partial charge in [0.1, 0.15) is 6.61 Å². The third-order valence-electron chi connectivity index (χ3n) is 2.08. The van der Waals surface area contributed by atoms with E-state index in [1.807, 2.05) is 6.07 Å². The van der Waals surface area contributed by atoms with Gasteiger partial charge in [-0.15, -0.1) is 0 Å². The predicted molar refractivity (Wildman–Crippen MR) is 63.2 cm³/mol. The van der Waals surface area contributed by atoms with Crippen LogP contribution in [0.5, 0.6) is 0 Å². The van der Waals surface area contributed by atoms with Gasteiger partial charge in [-0.1, -0.05) is 0 Å². The third-order valence-corrected chi connectivity index (χ3v) is 3.55. The van der Waals surface area contributed by atoms with E-state index < -0.39 is 23.1 Å². The molecule has 1 aromatic carbocycles.